The van der Waals surface area contributed by atoms with Crippen LogP contribution in [0, 0.1) is 28.9 Å². The van der Waals surface area contributed by atoms with E-state index >= 15 is 0 Å². The van der Waals surface area contributed by atoms with Crippen LogP contribution < -0.4 is 10.2 Å². The normalized spacial score (nSPS) is 30.1. The molecule has 4 aliphatic rings. The summed E-state index contributed by atoms with van der Waals surface area (Å²) in [6, 6.07) is 9.23. The molecule has 10 heteroatoms. The van der Waals surface area contributed by atoms with E-state index < -0.39 is 34.1 Å². The number of imide groups is 1. The highest BCUT2D eigenvalue weighted by Crippen LogP contribution is 2.61. The highest BCUT2D eigenvalue weighted by atomic mass is 35.5. The van der Waals surface area contributed by atoms with Crippen LogP contribution in [0.25, 0.3) is 0 Å². The zero-order valence-electron chi connectivity index (χ0n) is 17.6. The first kappa shape index (κ1) is 20.3. The van der Waals surface area contributed by atoms with Crippen molar-refractivity contribution in [3.8, 4) is 0 Å². The molecule has 3 fully saturated rings. The van der Waals surface area contributed by atoms with Crippen molar-refractivity contribution in [3.63, 3.8) is 0 Å². The number of para-hydroxylation sites is 1. The number of hydrogen-bond acceptors (Lipinski definition) is 6. The maximum absolute atomic E-state index is 13.9. The van der Waals surface area contributed by atoms with Gasteiger partial charge in [-0.15, -0.1) is 0 Å². The SMILES string of the molecule is Cc1cccc2c1NC(=O)[C@@]21[C@H]2C(=O)N(c3ccc(Cl)c([N+](=O)[O-])c3)C(=O)[C@@H]2[C@H]2CCCN21. The molecule has 0 aliphatic carbocycles. The van der Waals surface area contributed by atoms with Crippen LogP contribution in [0.4, 0.5) is 17.1 Å². The number of halogens is 1. The Kier molecular flexibility index (Phi) is 4.07. The van der Waals surface area contributed by atoms with Gasteiger partial charge in [0.2, 0.25) is 17.7 Å². The smallest absolute Gasteiger partial charge is 0.289 e. The predicted octanol–water partition coefficient (Wildman–Crippen LogP) is 2.99. The van der Waals surface area contributed by atoms with Crippen molar-refractivity contribution in [2.24, 2.45) is 11.8 Å². The molecule has 4 atom stereocenters. The van der Waals surface area contributed by atoms with Crippen LogP contribution in [0.2, 0.25) is 5.02 Å². The first-order chi connectivity index (χ1) is 15.8. The molecule has 0 bridgehead atoms. The minimum absolute atomic E-state index is 0.0824. The number of aryl methyl sites for hydroxylation is 1. The molecule has 4 heterocycles. The van der Waals surface area contributed by atoms with Gasteiger partial charge in [0.15, 0.2) is 0 Å². The fraction of sp³-hybridized carbons (Fsp3) is 0.348. The molecular weight excluding hydrogens is 448 g/mol. The molecule has 2 aromatic rings. The molecule has 168 valence electrons. The van der Waals surface area contributed by atoms with E-state index in [1.165, 1.54) is 12.1 Å². The summed E-state index contributed by atoms with van der Waals surface area (Å²) in [7, 11) is 0. The van der Waals surface area contributed by atoms with Gasteiger partial charge in [0.25, 0.3) is 5.69 Å². The standard InChI is InChI=1S/C23H19ClN4O5/c1-11-4-2-5-13-19(11)25-22(31)23(13)18-17(15-6-3-9-26(15)23)20(29)27(21(18)30)12-7-8-14(24)16(10-12)28(32)33/h2,4-5,7-8,10,15,17-18H,3,6,9H2,1H3,(H,25,31)/t15-,17-,18-,23+/m1/s1. The van der Waals surface area contributed by atoms with Crippen molar-refractivity contribution in [2.45, 2.75) is 31.3 Å². The Bertz CT molecular complexity index is 1300. The molecule has 0 radical (unpaired) electrons. The van der Waals surface area contributed by atoms with Crippen molar-refractivity contribution >= 4 is 46.4 Å². The number of nitrogens with one attached hydrogen (secondary N) is 1. The first-order valence-electron chi connectivity index (χ1n) is 10.8. The zero-order chi connectivity index (χ0) is 23.2. The Morgan fingerprint density at radius 2 is 1.97 bits per heavy atom. The summed E-state index contributed by atoms with van der Waals surface area (Å²) in [5.41, 5.74) is 0.736. The summed E-state index contributed by atoms with van der Waals surface area (Å²) >= 11 is 5.94. The fourth-order valence-electron chi connectivity index (χ4n) is 6.41. The second-order valence-corrected chi connectivity index (χ2v) is 9.44. The number of nitro groups is 1. The van der Waals surface area contributed by atoms with E-state index in [-0.39, 0.29) is 28.3 Å². The molecule has 9 nitrogen and oxygen atoms in total. The number of hydrogen-bond donors (Lipinski definition) is 1. The maximum atomic E-state index is 13.9. The quantitative estimate of drug-likeness (QED) is 0.413. The molecule has 4 aliphatic heterocycles. The number of fused-ring (bicyclic) bond motifs is 7. The molecule has 33 heavy (non-hydrogen) atoms. The largest absolute Gasteiger partial charge is 0.324 e. The number of anilines is 2. The van der Waals surface area contributed by atoms with E-state index in [2.05, 4.69) is 5.32 Å². The lowest BCUT2D eigenvalue weighted by atomic mass is 9.75. The predicted molar refractivity (Wildman–Crippen MR) is 119 cm³/mol. The molecule has 3 saturated heterocycles. The van der Waals surface area contributed by atoms with Gasteiger partial charge in [-0.2, -0.15) is 0 Å². The van der Waals surface area contributed by atoms with Crippen LogP contribution in [0.1, 0.15) is 24.0 Å². The lowest BCUT2D eigenvalue weighted by molar-refractivity contribution is -0.384. The summed E-state index contributed by atoms with van der Waals surface area (Å²) in [6.07, 6.45) is 1.52. The summed E-state index contributed by atoms with van der Waals surface area (Å²) in [5.74, 6) is -2.85. The fourth-order valence-corrected chi connectivity index (χ4v) is 6.60. The van der Waals surface area contributed by atoms with E-state index in [0.29, 0.717) is 18.7 Å². The van der Waals surface area contributed by atoms with Gasteiger partial charge < -0.3 is 5.32 Å². The first-order valence-corrected chi connectivity index (χ1v) is 11.2. The van der Waals surface area contributed by atoms with Crippen LogP contribution in [0.3, 0.4) is 0 Å². The van der Waals surface area contributed by atoms with Crippen LogP contribution in [0.15, 0.2) is 36.4 Å². The van der Waals surface area contributed by atoms with Crippen LogP contribution in [-0.2, 0) is 19.9 Å². The number of benzene rings is 2. The van der Waals surface area contributed by atoms with E-state index in [1.54, 1.807) is 0 Å². The van der Waals surface area contributed by atoms with E-state index in [4.69, 9.17) is 11.6 Å². The third kappa shape index (κ3) is 2.33. The Balaban J connectivity index is 1.54. The van der Waals surface area contributed by atoms with Gasteiger partial charge in [-0.25, -0.2) is 4.90 Å². The van der Waals surface area contributed by atoms with Gasteiger partial charge in [0.05, 0.1) is 22.4 Å². The maximum Gasteiger partial charge on any atom is 0.289 e. The molecule has 1 N–H and O–H groups in total. The number of nitro benzene ring substituents is 1. The molecule has 2 aromatic carbocycles. The second-order valence-electron chi connectivity index (χ2n) is 9.03. The lowest BCUT2D eigenvalue weighted by Gasteiger charge is -2.36. The number of amides is 3. The number of carbonyl (C=O) groups excluding carboxylic acids is 3. The average molecular weight is 467 g/mol. The van der Waals surface area contributed by atoms with Crippen LogP contribution >= 0.6 is 11.6 Å². The molecule has 0 aromatic heterocycles. The summed E-state index contributed by atoms with van der Waals surface area (Å²) in [6.45, 7) is 2.51. The molecule has 0 unspecified atom stereocenters. The van der Waals surface area contributed by atoms with Gasteiger partial charge >= 0.3 is 0 Å². The van der Waals surface area contributed by atoms with E-state index in [1.807, 2.05) is 30.0 Å². The molecule has 1 spiro atoms. The Morgan fingerprint density at radius 1 is 1.18 bits per heavy atom. The topological polar surface area (TPSA) is 113 Å². The van der Waals surface area contributed by atoms with Crippen LogP contribution in [-0.4, -0.2) is 40.1 Å². The van der Waals surface area contributed by atoms with Crippen molar-refractivity contribution in [1.29, 1.82) is 0 Å². The Hall–Kier alpha value is -3.30. The van der Waals surface area contributed by atoms with Gasteiger partial charge in [0, 0.05) is 23.4 Å². The third-order valence-corrected chi connectivity index (χ3v) is 7.94. The molecule has 6 rings (SSSR count). The van der Waals surface area contributed by atoms with E-state index in [9.17, 15) is 24.5 Å². The highest BCUT2D eigenvalue weighted by Gasteiger charge is 2.74. The van der Waals surface area contributed by atoms with Crippen molar-refractivity contribution < 1.29 is 19.3 Å². The summed E-state index contributed by atoms with van der Waals surface area (Å²) in [4.78, 5) is 55.0. The number of nitrogens with zero attached hydrogens (tertiary/aromatic N) is 3. The van der Waals surface area contributed by atoms with Gasteiger partial charge in [0.1, 0.15) is 10.6 Å². The van der Waals surface area contributed by atoms with Gasteiger partial charge in [-0.3, -0.25) is 29.4 Å². The van der Waals surface area contributed by atoms with Gasteiger partial charge in [-0.1, -0.05) is 29.8 Å². The van der Waals surface area contributed by atoms with Crippen molar-refractivity contribution in [1.82, 2.24) is 4.90 Å². The van der Waals surface area contributed by atoms with Crippen molar-refractivity contribution in [3.05, 3.63) is 62.7 Å². The molecular formula is C23H19ClN4O5. The summed E-state index contributed by atoms with van der Waals surface area (Å²) in [5, 5.41) is 14.3. The second kappa shape index (κ2) is 6.61. The number of rotatable bonds is 2. The third-order valence-electron chi connectivity index (χ3n) is 7.62. The minimum atomic E-state index is -1.27. The molecule has 0 saturated carbocycles. The number of carbonyl (C=O) groups is 3. The summed E-state index contributed by atoms with van der Waals surface area (Å²) < 4.78 is 0. The van der Waals surface area contributed by atoms with E-state index in [0.717, 1.165) is 28.5 Å². The average Bonchev–Trinajstić information content (AvgIpc) is 3.48. The Morgan fingerprint density at radius 3 is 2.73 bits per heavy atom. The Labute approximate surface area is 193 Å². The van der Waals surface area contributed by atoms with Crippen LogP contribution in [0.5, 0.6) is 0 Å². The lowest BCUT2D eigenvalue weighted by Crippen LogP contribution is -2.54. The van der Waals surface area contributed by atoms with Crippen molar-refractivity contribution in [2.75, 3.05) is 16.8 Å². The van der Waals surface area contributed by atoms with Gasteiger partial charge in [-0.05, 0) is 44.0 Å². The zero-order valence-corrected chi connectivity index (χ0v) is 18.3. The monoisotopic (exact) mass is 466 g/mol. The minimum Gasteiger partial charge on any atom is -0.324 e. The highest BCUT2D eigenvalue weighted by molar-refractivity contribution is 6.33. The molecule has 3 amide bonds.